The van der Waals surface area contributed by atoms with Crippen LogP contribution in [0.25, 0.3) is 0 Å². The molecule has 0 amide bonds. The Morgan fingerprint density at radius 3 is 2.80 bits per heavy atom. The molecule has 0 bridgehead atoms. The van der Waals surface area contributed by atoms with Gasteiger partial charge in [-0.15, -0.1) is 11.3 Å². The number of carboxylic acid groups (broad SMARTS) is 1. The highest BCUT2D eigenvalue weighted by molar-refractivity contribution is 7.13. The lowest BCUT2D eigenvalue weighted by atomic mass is 10.1. The van der Waals surface area contributed by atoms with Crippen LogP contribution in [0.2, 0.25) is 0 Å². The van der Waals surface area contributed by atoms with Gasteiger partial charge in [0.05, 0.1) is 24.9 Å². The van der Waals surface area contributed by atoms with E-state index in [4.69, 9.17) is 9.84 Å². The number of aryl methyl sites for hydroxylation is 1. The minimum atomic E-state index is -0.805. The predicted octanol–water partition coefficient (Wildman–Crippen LogP) is 2.71. The molecular weight excluding hydrogens is 342 g/mol. The summed E-state index contributed by atoms with van der Waals surface area (Å²) in [5, 5.41) is 15.2. The van der Waals surface area contributed by atoms with Crippen LogP contribution in [0, 0.1) is 0 Å². The van der Waals surface area contributed by atoms with E-state index in [0.29, 0.717) is 23.9 Å². The number of thiazole rings is 1. The van der Waals surface area contributed by atoms with Gasteiger partial charge in [-0.2, -0.15) is 5.10 Å². The number of carbonyl (C=O) groups excluding carboxylic acids is 1. The largest absolute Gasteiger partial charge is 0.481 e. The van der Waals surface area contributed by atoms with E-state index in [1.54, 1.807) is 18.5 Å². The molecule has 8 heteroatoms. The number of hydrogen-bond donors (Lipinski definition) is 2. The fourth-order valence-electron chi connectivity index (χ4n) is 1.98. The number of benzene rings is 1. The smallest absolute Gasteiger partial charge is 0.311 e. The van der Waals surface area contributed by atoms with Crippen LogP contribution < -0.4 is 5.43 Å². The van der Waals surface area contributed by atoms with Crippen LogP contribution in [0.3, 0.4) is 0 Å². The molecule has 0 aliphatic heterocycles. The van der Waals surface area contributed by atoms with Gasteiger partial charge < -0.3 is 9.84 Å². The maximum absolute atomic E-state index is 11.4. The molecule has 1 aromatic heterocycles. The number of hydrogen-bond acceptors (Lipinski definition) is 7. The van der Waals surface area contributed by atoms with Gasteiger partial charge in [0, 0.05) is 11.8 Å². The number of aliphatic carboxylic acids is 1. The average Bonchev–Trinajstić information content (AvgIpc) is 3.01. The van der Waals surface area contributed by atoms with Gasteiger partial charge in [0.25, 0.3) is 0 Å². The van der Waals surface area contributed by atoms with E-state index in [1.807, 2.05) is 24.3 Å². The molecule has 1 heterocycles. The topological polar surface area (TPSA) is 101 Å². The molecule has 0 fully saturated rings. The lowest BCUT2D eigenvalue weighted by Gasteiger charge is -1.99. The van der Waals surface area contributed by atoms with E-state index in [-0.39, 0.29) is 18.8 Å². The van der Waals surface area contributed by atoms with Crippen LogP contribution in [0.15, 0.2) is 34.7 Å². The highest BCUT2D eigenvalue weighted by atomic mass is 32.1. The number of carboxylic acids is 1. The lowest BCUT2D eigenvalue weighted by Crippen LogP contribution is -2.07. The second-order valence-electron chi connectivity index (χ2n) is 5.13. The minimum Gasteiger partial charge on any atom is -0.481 e. The fourth-order valence-corrected chi connectivity index (χ4v) is 2.64. The van der Waals surface area contributed by atoms with Gasteiger partial charge >= 0.3 is 11.9 Å². The zero-order valence-electron chi connectivity index (χ0n) is 13.8. The van der Waals surface area contributed by atoms with Gasteiger partial charge in [-0.05, 0) is 24.5 Å². The van der Waals surface area contributed by atoms with Crippen LogP contribution in [-0.2, 0) is 27.2 Å². The Kier molecular flexibility index (Phi) is 7.09. The number of nitrogens with zero attached hydrogens (tertiary/aromatic N) is 2. The van der Waals surface area contributed by atoms with E-state index in [2.05, 4.69) is 15.5 Å². The van der Waals surface area contributed by atoms with E-state index in [0.717, 1.165) is 11.1 Å². The third-order valence-electron chi connectivity index (χ3n) is 3.16. The second kappa shape index (κ2) is 9.53. The normalized spacial score (nSPS) is 10.8. The lowest BCUT2D eigenvalue weighted by molar-refractivity contribution is -0.142. The number of carbonyl (C=O) groups is 2. The molecule has 0 radical (unpaired) electrons. The van der Waals surface area contributed by atoms with Gasteiger partial charge in [0.1, 0.15) is 0 Å². The summed E-state index contributed by atoms with van der Waals surface area (Å²) in [6.07, 6.45) is 2.42. The van der Waals surface area contributed by atoms with E-state index < -0.39 is 5.97 Å². The molecule has 0 atom stereocenters. The highest BCUT2D eigenvalue weighted by Crippen LogP contribution is 2.16. The van der Waals surface area contributed by atoms with Crippen LogP contribution in [0.4, 0.5) is 5.13 Å². The van der Waals surface area contributed by atoms with Crippen molar-refractivity contribution in [1.82, 2.24) is 4.98 Å². The first kappa shape index (κ1) is 18.6. The summed E-state index contributed by atoms with van der Waals surface area (Å²) in [7, 11) is 0. The van der Waals surface area contributed by atoms with Crippen molar-refractivity contribution in [3.63, 3.8) is 0 Å². The second-order valence-corrected chi connectivity index (χ2v) is 5.99. The van der Waals surface area contributed by atoms with Gasteiger partial charge in [0.2, 0.25) is 5.13 Å². The van der Waals surface area contributed by atoms with Crippen LogP contribution in [-0.4, -0.2) is 34.9 Å². The van der Waals surface area contributed by atoms with Gasteiger partial charge in [-0.1, -0.05) is 24.3 Å². The molecular formula is C17H19N3O4S. The first-order valence-electron chi connectivity index (χ1n) is 7.76. The number of ether oxygens (including phenoxy) is 1. The molecule has 0 aliphatic rings. The molecule has 0 unspecified atom stereocenters. The third kappa shape index (κ3) is 6.72. The summed E-state index contributed by atoms with van der Waals surface area (Å²) in [6.45, 7) is 2.12. The summed E-state index contributed by atoms with van der Waals surface area (Å²) in [4.78, 5) is 26.2. The number of rotatable bonds is 9. The number of nitrogens with one attached hydrogen (secondary N) is 1. The predicted molar refractivity (Wildman–Crippen MR) is 96.1 cm³/mol. The zero-order valence-corrected chi connectivity index (χ0v) is 14.6. The Morgan fingerprint density at radius 2 is 2.12 bits per heavy atom. The fraction of sp³-hybridized carbons (Fsp3) is 0.294. The van der Waals surface area contributed by atoms with Crippen LogP contribution >= 0.6 is 11.3 Å². The van der Waals surface area contributed by atoms with Crippen molar-refractivity contribution in [3.8, 4) is 0 Å². The first-order chi connectivity index (χ1) is 12.1. The first-order valence-corrected chi connectivity index (χ1v) is 8.64. The summed E-state index contributed by atoms with van der Waals surface area (Å²) >= 11 is 1.36. The summed E-state index contributed by atoms with van der Waals surface area (Å²) in [5.41, 5.74) is 5.32. The average molecular weight is 361 g/mol. The van der Waals surface area contributed by atoms with Crippen molar-refractivity contribution in [3.05, 3.63) is 46.5 Å². The zero-order chi connectivity index (χ0) is 18.1. The Morgan fingerprint density at radius 1 is 1.36 bits per heavy atom. The third-order valence-corrected chi connectivity index (χ3v) is 3.96. The molecule has 25 heavy (non-hydrogen) atoms. The molecule has 0 aliphatic carbocycles. The molecule has 7 nitrogen and oxygen atoms in total. The monoisotopic (exact) mass is 361 g/mol. The van der Waals surface area contributed by atoms with Crippen molar-refractivity contribution in [1.29, 1.82) is 0 Å². The van der Waals surface area contributed by atoms with Crippen molar-refractivity contribution in [2.75, 3.05) is 12.0 Å². The molecule has 132 valence electrons. The molecule has 0 saturated heterocycles. The molecule has 2 aromatic rings. The standard InChI is InChI=1S/C17H19N3O4S/c1-2-24-16(23)9-14-11-25-17(19-14)20-18-10-13-5-3-12(4-6-13)7-8-15(21)22/h3-6,10-11H,2,7-9H2,1H3,(H,19,20)(H,21,22). The molecule has 2 N–H and O–H groups in total. The quantitative estimate of drug-likeness (QED) is 0.405. The number of aromatic nitrogens is 1. The molecule has 0 saturated carbocycles. The van der Waals surface area contributed by atoms with Crippen molar-refractivity contribution >= 4 is 34.6 Å². The molecule has 1 aromatic carbocycles. The Labute approximate surface area is 149 Å². The van der Waals surface area contributed by atoms with E-state index in [9.17, 15) is 9.59 Å². The molecule has 0 spiro atoms. The summed E-state index contributed by atoms with van der Waals surface area (Å²) in [6, 6.07) is 7.50. The van der Waals surface area contributed by atoms with Crippen molar-refractivity contribution in [2.24, 2.45) is 5.10 Å². The van der Waals surface area contributed by atoms with Crippen LogP contribution in [0.1, 0.15) is 30.2 Å². The number of anilines is 1. The Balaban J connectivity index is 1.83. The maximum atomic E-state index is 11.4. The Hall–Kier alpha value is -2.74. The number of hydrazone groups is 1. The van der Waals surface area contributed by atoms with Crippen LogP contribution in [0.5, 0.6) is 0 Å². The van der Waals surface area contributed by atoms with Gasteiger partial charge in [0.15, 0.2) is 0 Å². The van der Waals surface area contributed by atoms with Gasteiger partial charge in [-0.3, -0.25) is 15.0 Å². The molecule has 2 rings (SSSR count). The van der Waals surface area contributed by atoms with Crippen molar-refractivity contribution < 1.29 is 19.4 Å². The summed E-state index contributed by atoms with van der Waals surface area (Å²) < 4.78 is 4.88. The van der Waals surface area contributed by atoms with E-state index >= 15 is 0 Å². The highest BCUT2D eigenvalue weighted by Gasteiger charge is 2.07. The summed E-state index contributed by atoms with van der Waals surface area (Å²) in [5.74, 6) is -1.11. The van der Waals surface area contributed by atoms with E-state index in [1.165, 1.54) is 11.3 Å². The maximum Gasteiger partial charge on any atom is 0.311 e. The minimum absolute atomic E-state index is 0.118. The number of esters is 1. The SMILES string of the molecule is CCOC(=O)Cc1csc(NN=Cc2ccc(CCC(=O)O)cc2)n1. The van der Waals surface area contributed by atoms with Gasteiger partial charge in [-0.25, -0.2) is 4.98 Å². The Bertz CT molecular complexity index is 741. The van der Waals surface area contributed by atoms with Crippen molar-refractivity contribution in [2.45, 2.75) is 26.2 Å².